The van der Waals surface area contributed by atoms with Crippen molar-refractivity contribution in [1.29, 1.82) is 0 Å². The molecule has 2 aliphatic heterocycles. The van der Waals surface area contributed by atoms with Crippen molar-refractivity contribution in [2.75, 3.05) is 19.8 Å². The summed E-state index contributed by atoms with van der Waals surface area (Å²) < 4.78 is 0. The Balaban J connectivity index is 1.81. The molecule has 3 rings (SSSR count). The third-order valence-corrected chi connectivity index (χ3v) is 3.56. The van der Waals surface area contributed by atoms with Gasteiger partial charge in [0.25, 0.3) is 0 Å². The van der Waals surface area contributed by atoms with Gasteiger partial charge in [0.1, 0.15) is 12.4 Å². The molecule has 6 nitrogen and oxygen atoms in total. The van der Waals surface area contributed by atoms with Crippen molar-refractivity contribution in [3.8, 4) is 0 Å². The fraction of sp³-hybridized carbons (Fsp3) is 0.500. The van der Waals surface area contributed by atoms with Crippen LogP contribution in [0.25, 0.3) is 0 Å². The zero-order valence-corrected chi connectivity index (χ0v) is 11.5. The molecule has 0 saturated heterocycles. The summed E-state index contributed by atoms with van der Waals surface area (Å²) in [7, 11) is 0. The van der Waals surface area contributed by atoms with E-state index in [9.17, 15) is 4.79 Å². The number of aliphatic hydroxyl groups is 1. The smallest absolute Gasteiger partial charge is 0.241 e. The van der Waals surface area contributed by atoms with E-state index in [1.54, 1.807) is 0 Å². The molecule has 0 unspecified atom stereocenters. The van der Waals surface area contributed by atoms with Crippen LogP contribution in [-0.4, -0.2) is 52.4 Å². The van der Waals surface area contributed by atoms with Crippen molar-refractivity contribution in [3.63, 3.8) is 0 Å². The normalized spacial score (nSPS) is 21.9. The van der Waals surface area contributed by atoms with E-state index in [4.69, 9.17) is 5.11 Å². The number of hydrogen-bond donors (Lipinski definition) is 1. The number of ketones is 1. The largest absolute Gasteiger partial charge is 0.396 e. The Hall–Kier alpha value is -1.79. The minimum Gasteiger partial charge on any atom is -0.396 e. The Morgan fingerprint density at radius 3 is 3.05 bits per heavy atom. The van der Waals surface area contributed by atoms with Gasteiger partial charge in [0, 0.05) is 31.3 Å². The second-order valence-electron chi connectivity index (χ2n) is 5.24. The van der Waals surface area contributed by atoms with Gasteiger partial charge in [-0.3, -0.25) is 4.79 Å². The molecule has 3 aliphatic rings. The van der Waals surface area contributed by atoms with Crippen LogP contribution in [0.5, 0.6) is 0 Å². The number of unbranched alkanes of at least 4 members (excludes halogenated alkanes) is 1. The molecule has 0 aromatic heterocycles. The molecule has 0 radical (unpaired) electrons. The highest BCUT2D eigenvalue weighted by Crippen LogP contribution is 2.25. The lowest BCUT2D eigenvalue weighted by molar-refractivity contribution is -0.112. The van der Waals surface area contributed by atoms with Gasteiger partial charge in [-0.25, -0.2) is 15.0 Å². The number of guanidine groups is 1. The molecule has 106 valence electrons. The minimum atomic E-state index is 0.0670. The van der Waals surface area contributed by atoms with Gasteiger partial charge in [-0.05, 0) is 19.8 Å². The summed E-state index contributed by atoms with van der Waals surface area (Å²) in [4.78, 5) is 20.8. The summed E-state index contributed by atoms with van der Waals surface area (Å²) in [5.74, 6) is 0.659. The number of allylic oxidation sites excluding steroid dienone is 3. The monoisotopic (exact) mass is 274 g/mol. The molecule has 1 N–H and O–H groups in total. The molecule has 0 bridgehead atoms. The molecule has 1 aliphatic carbocycles. The number of hydrogen-bond acceptors (Lipinski definition) is 6. The first-order chi connectivity index (χ1) is 9.69. The second kappa shape index (κ2) is 5.30. The van der Waals surface area contributed by atoms with Crippen LogP contribution in [0.1, 0.15) is 26.2 Å². The second-order valence-corrected chi connectivity index (χ2v) is 5.24. The number of aliphatic imine (C=N–C) groups is 2. The summed E-state index contributed by atoms with van der Waals surface area (Å²) in [5, 5.41) is 12.8. The number of Topliss-reactive ketones (excluding diaryl/α,β-unsaturated/α-hetero) is 1. The van der Waals surface area contributed by atoms with Gasteiger partial charge in [0.15, 0.2) is 5.78 Å². The molecule has 0 amide bonds. The van der Waals surface area contributed by atoms with Crippen LogP contribution in [0.3, 0.4) is 0 Å². The van der Waals surface area contributed by atoms with Crippen LogP contribution in [0, 0.1) is 0 Å². The van der Waals surface area contributed by atoms with E-state index in [-0.39, 0.29) is 12.4 Å². The molecule has 0 spiro atoms. The van der Waals surface area contributed by atoms with E-state index < -0.39 is 0 Å². The molecule has 0 saturated carbocycles. The average Bonchev–Trinajstić information content (AvgIpc) is 2.80. The minimum absolute atomic E-state index is 0.0670. The zero-order chi connectivity index (χ0) is 14.1. The summed E-state index contributed by atoms with van der Waals surface area (Å²) >= 11 is 0. The van der Waals surface area contributed by atoms with E-state index in [1.807, 2.05) is 24.2 Å². The first kappa shape index (κ1) is 13.2. The number of carbonyl (C=O) groups is 1. The molecular formula is C14H18N4O2. The molecule has 2 heterocycles. The van der Waals surface area contributed by atoms with Crippen molar-refractivity contribution < 1.29 is 9.90 Å². The Labute approximate surface area is 117 Å². The van der Waals surface area contributed by atoms with Crippen LogP contribution >= 0.6 is 0 Å². The van der Waals surface area contributed by atoms with Gasteiger partial charge in [0.2, 0.25) is 5.96 Å². The third-order valence-electron chi connectivity index (χ3n) is 3.56. The standard InChI is InChI=1S/C14H18N4O2/c1-10-6-11-8-18-14(16-13(11)12(20)7-10)15-9-17(18)4-2-3-5-19/h6,8,19H,2-5,7,9H2,1H3. The lowest BCUT2D eigenvalue weighted by atomic mass is 9.93. The fourth-order valence-corrected chi connectivity index (χ4v) is 2.56. The summed E-state index contributed by atoms with van der Waals surface area (Å²) in [6, 6.07) is 0. The van der Waals surface area contributed by atoms with Crippen molar-refractivity contribution in [1.82, 2.24) is 10.0 Å². The van der Waals surface area contributed by atoms with Crippen LogP contribution < -0.4 is 0 Å². The highest BCUT2D eigenvalue weighted by Gasteiger charge is 2.32. The van der Waals surface area contributed by atoms with Crippen molar-refractivity contribution in [2.45, 2.75) is 26.2 Å². The van der Waals surface area contributed by atoms with Gasteiger partial charge >= 0.3 is 0 Å². The topological polar surface area (TPSA) is 68.5 Å². The van der Waals surface area contributed by atoms with Crippen molar-refractivity contribution in [2.24, 2.45) is 9.98 Å². The van der Waals surface area contributed by atoms with Gasteiger partial charge in [-0.2, -0.15) is 5.01 Å². The molecular weight excluding hydrogens is 256 g/mol. The van der Waals surface area contributed by atoms with E-state index >= 15 is 0 Å². The SMILES string of the molecule is CC1=CC2=CN3C(=NCN3CCCCO)N=C2C(=O)C1. The van der Waals surface area contributed by atoms with Crippen LogP contribution in [-0.2, 0) is 4.79 Å². The van der Waals surface area contributed by atoms with Crippen molar-refractivity contribution in [3.05, 3.63) is 23.4 Å². The highest BCUT2D eigenvalue weighted by atomic mass is 16.3. The Morgan fingerprint density at radius 1 is 1.40 bits per heavy atom. The Bertz CT molecular complexity index is 560. The fourth-order valence-electron chi connectivity index (χ4n) is 2.56. The third kappa shape index (κ3) is 2.32. The summed E-state index contributed by atoms with van der Waals surface area (Å²) in [6.07, 6.45) is 6.09. The van der Waals surface area contributed by atoms with Gasteiger partial charge < -0.3 is 5.11 Å². The number of nitrogens with zero attached hydrogens (tertiary/aromatic N) is 4. The number of fused-ring (bicyclic) bond motifs is 2. The van der Waals surface area contributed by atoms with Crippen LogP contribution in [0.15, 0.2) is 33.4 Å². The van der Waals surface area contributed by atoms with Crippen molar-refractivity contribution >= 4 is 17.5 Å². The quantitative estimate of drug-likeness (QED) is 0.772. The van der Waals surface area contributed by atoms with E-state index in [2.05, 4.69) is 15.0 Å². The highest BCUT2D eigenvalue weighted by molar-refractivity contribution is 6.49. The number of hydrazine groups is 1. The maximum Gasteiger partial charge on any atom is 0.241 e. The van der Waals surface area contributed by atoms with E-state index in [0.717, 1.165) is 30.5 Å². The summed E-state index contributed by atoms with van der Waals surface area (Å²) in [5.41, 5.74) is 2.46. The number of aliphatic hydroxyl groups excluding tert-OH is 1. The van der Waals surface area contributed by atoms with Gasteiger partial charge in [0.05, 0.1) is 0 Å². The predicted molar refractivity (Wildman–Crippen MR) is 76.1 cm³/mol. The number of rotatable bonds is 4. The van der Waals surface area contributed by atoms with Gasteiger partial charge in [-0.15, -0.1) is 0 Å². The van der Waals surface area contributed by atoms with E-state index in [0.29, 0.717) is 24.8 Å². The Kier molecular flexibility index (Phi) is 3.50. The summed E-state index contributed by atoms with van der Waals surface area (Å²) in [6.45, 7) is 3.54. The lowest BCUT2D eigenvalue weighted by Crippen LogP contribution is -2.41. The maximum atomic E-state index is 12.0. The lowest BCUT2D eigenvalue weighted by Gasteiger charge is -2.30. The first-order valence-electron chi connectivity index (χ1n) is 6.89. The molecule has 0 aromatic carbocycles. The number of carbonyl (C=O) groups excluding carboxylic acids is 1. The van der Waals surface area contributed by atoms with Crippen LogP contribution in [0.4, 0.5) is 0 Å². The molecule has 0 aromatic rings. The maximum absolute atomic E-state index is 12.0. The van der Waals surface area contributed by atoms with E-state index in [1.165, 1.54) is 0 Å². The molecule has 0 fully saturated rings. The molecule has 6 heteroatoms. The Morgan fingerprint density at radius 2 is 2.25 bits per heavy atom. The van der Waals surface area contributed by atoms with Gasteiger partial charge in [-0.1, -0.05) is 11.6 Å². The molecule has 0 atom stereocenters. The molecule has 20 heavy (non-hydrogen) atoms. The predicted octanol–water partition coefficient (Wildman–Crippen LogP) is 0.863. The van der Waals surface area contributed by atoms with Crippen LogP contribution in [0.2, 0.25) is 0 Å². The zero-order valence-electron chi connectivity index (χ0n) is 11.5. The first-order valence-corrected chi connectivity index (χ1v) is 6.89. The average molecular weight is 274 g/mol.